The molecule has 106 valence electrons. The highest BCUT2D eigenvalue weighted by atomic mass is 16.4. The van der Waals surface area contributed by atoms with Crippen molar-refractivity contribution in [3.8, 4) is 0 Å². The van der Waals surface area contributed by atoms with Gasteiger partial charge in [0.1, 0.15) is 5.76 Å². The monoisotopic (exact) mass is 266 g/mol. The Labute approximate surface area is 113 Å². The molecule has 1 unspecified atom stereocenters. The minimum absolute atomic E-state index is 0.0207. The van der Waals surface area contributed by atoms with Crippen LogP contribution in [0.25, 0.3) is 0 Å². The van der Waals surface area contributed by atoms with Crippen molar-refractivity contribution in [1.29, 1.82) is 0 Å². The molecule has 19 heavy (non-hydrogen) atoms. The fourth-order valence-corrected chi connectivity index (χ4v) is 2.58. The van der Waals surface area contributed by atoms with Crippen molar-refractivity contribution < 1.29 is 14.3 Å². The van der Waals surface area contributed by atoms with Gasteiger partial charge in [0.05, 0.1) is 0 Å². The molecule has 1 saturated heterocycles. The van der Waals surface area contributed by atoms with Gasteiger partial charge in [0, 0.05) is 18.7 Å². The molecule has 0 saturated carbocycles. The summed E-state index contributed by atoms with van der Waals surface area (Å²) in [6.45, 7) is 9.12. The molecule has 1 aromatic heterocycles. The van der Waals surface area contributed by atoms with Gasteiger partial charge in [-0.3, -0.25) is 0 Å². The zero-order valence-corrected chi connectivity index (χ0v) is 11.6. The topological polar surface area (TPSA) is 65.7 Å². The number of nitrogens with one attached hydrogen (secondary N) is 1. The molecule has 5 heteroatoms. The van der Waals surface area contributed by atoms with Crippen LogP contribution in [0.4, 0.5) is 0 Å². The van der Waals surface area contributed by atoms with Crippen LogP contribution in [0.2, 0.25) is 0 Å². The summed E-state index contributed by atoms with van der Waals surface area (Å²) in [6.07, 6.45) is 1.24. The highest BCUT2D eigenvalue weighted by molar-refractivity contribution is 5.84. The van der Waals surface area contributed by atoms with Crippen LogP contribution in [0.3, 0.4) is 0 Å². The van der Waals surface area contributed by atoms with Gasteiger partial charge in [-0.05, 0) is 45.0 Å². The lowest BCUT2D eigenvalue weighted by molar-refractivity contribution is 0.0661. The van der Waals surface area contributed by atoms with Gasteiger partial charge in [0.2, 0.25) is 5.76 Å². The zero-order chi connectivity index (χ0) is 13.8. The molecule has 0 radical (unpaired) electrons. The number of likely N-dealkylation sites (tertiary alicyclic amines) is 1. The molecule has 2 rings (SSSR count). The van der Waals surface area contributed by atoms with Crippen LogP contribution in [-0.4, -0.2) is 42.2 Å². The number of carboxylic acids is 1. The summed E-state index contributed by atoms with van der Waals surface area (Å²) in [5.74, 6) is 0.397. The minimum atomic E-state index is -1.01. The van der Waals surface area contributed by atoms with E-state index in [1.54, 1.807) is 13.0 Å². The number of carboxylic acid groups (broad SMARTS) is 1. The first-order chi connectivity index (χ1) is 9.10. The van der Waals surface area contributed by atoms with E-state index in [0.29, 0.717) is 18.2 Å². The van der Waals surface area contributed by atoms with E-state index in [2.05, 4.69) is 17.1 Å². The Morgan fingerprint density at radius 2 is 2.42 bits per heavy atom. The molecule has 1 atom stereocenters. The zero-order valence-electron chi connectivity index (χ0n) is 11.6. The molecule has 0 amide bonds. The summed E-state index contributed by atoms with van der Waals surface area (Å²) in [6, 6.07) is 1.61. The van der Waals surface area contributed by atoms with E-state index < -0.39 is 5.97 Å². The molecular weight excluding hydrogens is 244 g/mol. The molecule has 0 aliphatic carbocycles. The first-order valence-corrected chi connectivity index (χ1v) is 6.85. The van der Waals surface area contributed by atoms with Crippen molar-refractivity contribution >= 4 is 5.97 Å². The van der Waals surface area contributed by atoms with E-state index in [1.165, 1.54) is 13.0 Å². The van der Waals surface area contributed by atoms with E-state index in [0.717, 1.165) is 25.2 Å². The average molecular weight is 266 g/mol. The quantitative estimate of drug-likeness (QED) is 0.820. The first kappa shape index (κ1) is 14.1. The van der Waals surface area contributed by atoms with E-state index in [-0.39, 0.29) is 5.76 Å². The summed E-state index contributed by atoms with van der Waals surface area (Å²) < 4.78 is 5.19. The standard InChI is InChI=1S/C14H22N2O3/c1-3-16-5-4-11(9-16)7-15-8-12-6-13(14(17)18)19-10(12)2/h6,11,15H,3-5,7-9H2,1-2H3,(H,17,18). The van der Waals surface area contributed by atoms with Crippen molar-refractivity contribution in [2.24, 2.45) is 5.92 Å². The minimum Gasteiger partial charge on any atom is -0.475 e. The molecule has 1 aliphatic heterocycles. The predicted molar refractivity (Wildman–Crippen MR) is 72.3 cm³/mol. The lowest BCUT2D eigenvalue weighted by atomic mass is 10.1. The summed E-state index contributed by atoms with van der Waals surface area (Å²) in [5, 5.41) is 12.3. The highest BCUT2D eigenvalue weighted by Crippen LogP contribution is 2.16. The van der Waals surface area contributed by atoms with Crippen LogP contribution in [0.1, 0.15) is 35.2 Å². The molecule has 0 bridgehead atoms. The van der Waals surface area contributed by atoms with E-state index >= 15 is 0 Å². The summed E-state index contributed by atoms with van der Waals surface area (Å²) >= 11 is 0. The van der Waals surface area contributed by atoms with Crippen LogP contribution in [0.5, 0.6) is 0 Å². The number of nitrogens with zero attached hydrogens (tertiary/aromatic N) is 1. The molecule has 1 fully saturated rings. The Kier molecular flexibility index (Phi) is 4.61. The van der Waals surface area contributed by atoms with Crippen LogP contribution in [-0.2, 0) is 6.54 Å². The Morgan fingerprint density at radius 1 is 1.63 bits per heavy atom. The number of furan rings is 1. The summed E-state index contributed by atoms with van der Waals surface area (Å²) in [4.78, 5) is 13.3. The number of hydrogen-bond acceptors (Lipinski definition) is 4. The maximum atomic E-state index is 10.8. The molecule has 1 aliphatic rings. The molecule has 2 heterocycles. The number of hydrogen-bond donors (Lipinski definition) is 2. The second kappa shape index (κ2) is 6.21. The fraction of sp³-hybridized carbons (Fsp3) is 0.643. The molecule has 1 aromatic rings. The fourth-order valence-electron chi connectivity index (χ4n) is 2.58. The highest BCUT2D eigenvalue weighted by Gasteiger charge is 2.20. The molecular formula is C14H22N2O3. The molecule has 5 nitrogen and oxygen atoms in total. The number of aryl methyl sites for hydroxylation is 1. The third-order valence-corrected chi connectivity index (χ3v) is 3.80. The van der Waals surface area contributed by atoms with Gasteiger partial charge in [-0.1, -0.05) is 6.92 Å². The Bertz CT molecular complexity index is 442. The van der Waals surface area contributed by atoms with Crippen molar-refractivity contribution in [1.82, 2.24) is 10.2 Å². The predicted octanol–water partition coefficient (Wildman–Crippen LogP) is 1.72. The van der Waals surface area contributed by atoms with Gasteiger partial charge < -0.3 is 19.7 Å². The normalized spacial score (nSPS) is 20.0. The van der Waals surface area contributed by atoms with Crippen LogP contribution < -0.4 is 5.32 Å². The first-order valence-electron chi connectivity index (χ1n) is 6.85. The third-order valence-electron chi connectivity index (χ3n) is 3.80. The summed E-state index contributed by atoms with van der Waals surface area (Å²) in [5.41, 5.74) is 0.933. The second-order valence-corrected chi connectivity index (χ2v) is 5.18. The smallest absolute Gasteiger partial charge is 0.371 e. The maximum Gasteiger partial charge on any atom is 0.371 e. The lowest BCUT2D eigenvalue weighted by Gasteiger charge is -2.13. The Balaban J connectivity index is 1.78. The van der Waals surface area contributed by atoms with Crippen molar-refractivity contribution in [3.05, 3.63) is 23.2 Å². The van der Waals surface area contributed by atoms with Gasteiger partial charge in [-0.25, -0.2) is 4.79 Å². The third kappa shape index (κ3) is 3.58. The molecule has 0 aromatic carbocycles. The number of carbonyl (C=O) groups is 1. The molecule has 0 spiro atoms. The largest absolute Gasteiger partial charge is 0.475 e. The average Bonchev–Trinajstić information content (AvgIpc) is 2.97. The SMILES string of the molecule is CCN1CCC(CNCc2cc(C(=O)O)oc2C)C1. The molecule has 2 N–H and O–H groups in total. The van der Waals surface area contributed by atoms with Gasteiger partial charge in [-0.15, -0.1) is 0 Å². The van der Waals surface area contributed by atoms with Gasteiger partial charge in [-0.2, -0.15) is 0 Å². The Morgan fingerprint density at radius 3 is 3.00 bits per heavy atom. The van der Waals surface area contributed by atoms with Crippen molar-refractivity contribution in [2.45, 2.75) is 26.8 Å². The summed E-state index contributed by atoms with van der Waals surface area (Å²) in [7, 11) is 0. The van der Waals surface area contributed by atoms with Gasteiger partial charge >= 0.3 is 5.97 Å². The van der Waals surface area contributed by atoms with E-state index in [4.69, 9.17) is 9.52 Å². The van der Waals surface area contributed by atoms with E-state index in [9.17, 15) is 4.79 Å². The van der Waals surface area contributed by atoms with Crippen LogP contribution >= 0.6 is 0 Å². The van der Waals surface area contributed by atoms with Gasteiger partial charge in [0.15, 0.2) is 0 Å². The second-order valence-electron chi connectivity index (χ2n) is 5.18. The number of rotatable bonds is 6. The maximum absolute atomic E-state index is 10.8. The van der Waals surface area contributed by atoms with Crippen molar-refractivity contribution in [2.75, 3.05) is 26.2 Å². The lowest BCUT2D eigenvalue weighted by Crippen LogP contribution is -2.26. The number of aromatic carboxylic acids is 1. The Hall–Kier alpha value is -1.33. The van der Waals surface area contributed by atoms with Crippen LogP contribution in [0.15, 0.2) is 10.5 Å². The van der Waals surface area contributed by atoms with Crippen molar-refractivity contribution in [3.63, 3.8) is 0 Å². The van der Waals surface area contributed by atoms with Crippen LogP contribution in [0, 0.1) is 12.8 Å². The van der Waals surface area contributed by atoms with E-state index in [1.807, 2.05) is 0 Å². The van der Waals surface area contributed by atoms with Gasteiger partial charge in [0.25, 0.3) is 0 Å².